The molecule has 0 aliphatic carbocycles. The minimum atomic E-state index is -0.805. The standard InChI is InChI=1S/C16H14N2O5/c1-10-15(23-14-5-3-2-4-13(14)22-10)16(19)17-11-6-8-12(9-7-11)18(20)21/h2-10,15H,1H3,(H,17,19)/t10-,15+/m1/s1. The van der Waals surface area contributed by atoms with Crippen molar-refractivity contribution < 1.29 is 19.2 Å². The number of carbonyl (C=O) groups is 1. The molecular weight excluding hydrogens is 300 g/mol. The number of amides is 1. The van der Waals surface area contributed by atoms with Crippen LogP contribution >= 0.6 is 0 Å². The van der Waals surface area contributed by atoms with Gasteiger partial charge in [-0.25, -0.2) is 0 Å². The summed E-state index contributed by atoms with van der Waals surface area (Å²) in [6, 6.07) is 12.7. The highest BCUT2D eigenvalue weighted by atomic mass is 16.6. The van der Waals surface area contributed by atoms with Gasteiger partial charge in [0.15, 0.2) is 11.5 Å². The normalized spacial score (nSPS) is 19.0. The van der Waals surface area contributed by atoms with Crippen LogP contribution < -0.4 is 14.8 Å². The SMILES string of the molecule is C[C@H]1Oc2ccccc2O[C@@H]1C(=O)Nc1ccc([N+](=O)[O-])cc1. The predicted molar refractivity (Wildman–Crippen MR) is 82.7 cm³/mol. The van der Waals surface area contributed by atoms with Gasteiger partial charge in [0.05, 0.1) is 4.92 Å². The highest BCUT2D eigenvalue weighted by molar-refractivity contribution is 5.95. The molecule has 1 heterocycles. The summed E-state index contributed by atoms with van der Waals surface area (Å²) < 4.78 is 11.4. The van der Waals surface area contributed by atoms with Crippen LogP contribution in [0.1, 0.15) is 6.92 Å². The molecule has 0 unspecified atom stereocenters. The Kier molecular flexibility index (Phi) is 3.84. The summed E-state index contributed by atoms with van der Waals surface area (Å²) in [6.45, 7) is 1.75. The van der Waals surface area contributed by atoms with Crippen LogP contribution in [-0.2, 0) is 4.79 Å². The van der Waals surface area contributed by atoms with Gasteiger partial charge in [-0.3, -0.25) is 14.9 Å². The summed E-state index contributed by atoms with van der Waals surface area (Å²) in [5.41, 5.74) is 0.415. The number of ether oxygens (including phenoxy) is 2. The Bertz CT molecular complexity index is 744. The minimum Gasteiger partial charge on any atom is -0.482 e. The summed E-state index contributed by atoms with van der Waals surface area (Å²) in [7, 11) is 0. The molecule has 1 amide bonds. The Morgan fingerprint density at radius 1 is 1.09 bits per heavy atom. The number of benzene rings is 2. The third kappa shape index (κ3) is 3.08. The second-order valence-electron chi connectivity index (χ2n) is 5.10. The molecule has 2 atom stereocenters. The number of nitro groups is 1. The van der Waals surface area contributed by atoms with Crippen LogP contribution in [0.4, 0.5) is 11.4 Å². The van der Waals surface area contributed by atoms with E-state index in [1.165, 1.54) is 24.3 Å². The highest BCUT2D eigenvalue weighted by Crippen LogP contribution is 2.33. The quantitative estimate of drug-likeness (QED) is 0.695. The second-order valence-corrected chi connectivity index (χ2v) is 5.10. The molecule has 0 saturated heterocycles. The number of carbonyl (C=O) groups excluding carboxylic acids is 1. The Labute approximate surface area is 132 Å². The summed E-state index contributed by atoms with van der Waals surface area (Å²) >= 11 is 0. The molecule has 118 valence electrons. The van der Waals surface area contributed by atoms with Crippen LogP contribution in [0.3, 0.4) is 0 Å². The van der Waals surface area contributed by atoms with E-state index >= 15 is 0 Å². The van der Waals surface area contributed by atoms with E-state index < -0.39 is 17.1 Å². The zero-order chi connectivity index (χ0) is 16.4. The number of non-ortho nitro benzene ring substituents is 1. The van der Waals surface area contributed by atoms with Crippen LogP contribution in [0.5, 0.6) is 11.5 Å². The fourth-order valence-electron chi connectivity index (χ4n) is 2.29. The molecule has 3 rings (SSSR count). The molecule has 1 aliphatic heterocycles. The van der Waals surface area contributed by atoms with E-state index in [9.17, 15) is 14.9 Å². The van der Waals surface area contributed by atoms with Gasteiger partial charge >= 0.3 is 0 Å². The summed E-state index contributed by atoms with van der Waals surface area (Å²) in [5, 5.41) is 13.3. The zero-order valence-corrected chi connectivity index (χ0v) is 12.3. The maximum absolute atomic E-state index is 12.4. The summed E-state index contributed by atoms with van der Waals surface area (Å²) in [6.07, 6.45) is -1.26. The monoisotopic (exact) mass is 314 g/mol. The highest BCUT2D eigenvalue weighted by Gasteiger charge is 2.34. The number of hydrogen-bond acceptors (Lipinski definition) is 5. The van der Waals surface area contributed by atoms with Crippen LogP contribution in [0.2, 0.25) is 0 Å². The lowest BCUT2D eigenvalue weighted by Gasteiger charge is -2.30. The maximum atomic E-state index is 12.4. The first-order chi connectivity index (χ1) is 11.0. The minimum absolute atomic E-state index is 0.0393. The number of nitrogens with zero attached hydrogens (tertiary/aromatic N) is 1. The molecule has 2 aromatic rings. The van der Waals surface area contributed by atoms with E-state index in [1.54, 1.807) is 25.1 Å². The zero-order valence-electron chi connectivity index (χ0n) is 12.3. The first-order valence-electron chi connectivity index (χ1n) is 7.02. The van der Waals surface area contributed by atoms with Crippen molar-refractivity contribution >= 4 is 17.3 Å². The van der Waals surface area contributed by atoms with Gasteiger partial charge in [0.2, 0.25) is 6.10 Å². The van der Waals surface area contributed by atoms with Crippen LogP contribution in [0.15, 0.2) is 48.5 Å². The number of nitrogens with one attached hydrogen (secondary N) is 1. The molecule has 2 aromatic carbocycles. The molecule has 7 nitrogen and oxygen atoms in total. The van der Waals surface area contributed by atoms with Crippen LogP contribution in [0.25, 0.3) is 0 Å². The summed E-state index contributed by atoms with van der Waals surface area (Å²) in [5.74, 6) is 0.731. The molecule has 0 fully saturated rings. The van der Waals surface area contributed by atoms with E-state index in [0.29, 0.717) is 17.2 Å². The smallest absolute Gasteiger partial charge is 0.269 e. The maximum Gasteiger partial charge on any atom is 0.269 e. The molecular formula is C16H14N2O5. The Morgan fingerprint density at radius 2 is 1.70 bits per heavy atom. The van der Waals surface area contributed by atoms with Gasteiger partial charge in [-0.15, -0.1) is 0 Å². The van der Waals surface area contributed by atoms with Crippen molar-refractivity contribution in [3.63, 3.8) is 0 Å². The molecule has 0 aromatic heterocycles. The van der Waals surface area contributed by atoms with Gasteiger partial charge in [-0.2, -0.15) is 0 Å². The molecule has 1 N–H and O–H groups in total. The van der Waals surface area contributed by atoms with E-state index in [4.69, 9.17) is 9.47 Å². The lowest BCUT2D eigenvalue weighted by Crippen LogP contribution is -2.46. The van der Waals surface area contributed by atoms with E-state index in [1.807, 2.05) is 6.07 Å². The molecule has 7 heteroatoms. The van der Waals surface area contributed by atoms with Crippen molar-refractivity contribution in [1.82, 2.24) is 0 Å². The van der Waals surface area contributed by atoms with Gasteiger partial charge in [-0.1, -0.05) is 12.1 Å². The van der Waals surface area contributed by atoms with E-state index in [2.05, 4.69) is 5.32 Å². The number of nitro benzene ring substituents is 1. The molecule has 0 saturated carbocycles. The number of fused-ring (bicyclic) bond motifs is 1. The fraction of sp³-hybridized carbons (Fsp3) is 0.188. The number of para-hydroxylation sites is 2. The third-order valence-electron chi connectivity index (χ3n) is 3.45. The van der Waals surface area contributed by atoms with Crippen molar-refractivity contribution in [2.24, 2.45) is 0 Å². The van der Waals surface area contributed by atoms with E-state index in [-0.39, 0.29) is 11.6 Å². The third-order valence-corrected chi connectivity index (χ3v) is 3.45. The first kappa shape index (κ1) is 14.8. The lowest BCUT2D eigenvalue weighted by atomic mass is 10.1. The first-order valence-corrected chi connectivity index (χ1v) is 7.02. The average Bonchev–Trinajstić information content (AvgIpc) is 2.54. The Balaban J connectivity index is 1.72. The average molecular weight is 314 g/mol. The lowest BCUT2D eigenvalue weighted by molar-refractivity contribution is -0.384. The van der Waals surface area contributed by atoms with Crippen molar-refractivity contribution in [3.8, 4) is 11.5 Å². The van der Waals surface area contributed by atoms with Crippen molar-refractivity contribution in [2.75, 3.05) is 5.32 Å². The molecule has 0 spiro atoms. The Morgan fingerprint density at radius 3 is 2.30 bits per heavy atom. The van der Waals surface area contributed by atoms with Gasteiger partial charge in [0, 0.05) is 17.8 Å². The molecule has 23 heavy (non-hydrogen) atoms. The second kappa shape index (κ2) is 5.96. The van der Waals surface area contributed by atoms with Crippen LogP contribution in [-0.4, -0.2) is 23.0 Å². The van der Waals surface area contributed by atoms with Crippen molar-refractivity contribution in [1.29, 1.82) is 0 Å². The van der Waals surface area contributed by atoms with Crippen molar-refractivity contribution in [2.45, 2.75) is 19.1 Å². The van der Waals surface area contributed by atoms with Gasteiger partial charge in [0.25, 0.3) is 11.6 Å². The van der Waals surface area contributed by atoms with E-state index in [0.717, 1.165) is 0 Å². The number of anilines is 1. The van der Waals surface area contributed by atoms with Gasteiger partial charge < -0.3 is 14.8 Å². The number of hydrogen-bond donors (Lipinski definition) is 1. The van der Waals surface area contributed by atoms with Gasteiger partial charge in [0.1, 0.15) is 6.10 Å². The number of rotatable bonds is 3. The van der Waals surface area contributed by atoms with Gasteiger partial charge in [-0.05, 0) is 31.2 Å². The van der Waals surface area contributed by atoms with Crippen molar-refractivity contribution in [3.05, 3.63) is 58.6 Å². The molecule has 0 bridgehead atoms. The molecule has 0 radical (unpaired) electrons. The molecule has 1 aliphatic rings. The Hall–Kier alpha value is -3.09. The topological polar surface area (TPSA) is 90.7 Å². The summed E-state index contributed by atoms with van der Waals surface area (Å²) in [4.78, 5) is 22.5. The van der Waals surface area contributed by atoms with Crippen LogP contribution in [0, 0.1) is 10.1 Å². The predicted octanol–water partition coefficient (Wildman–Crippen LogP) is 2.76. The fourth-order valence-corrected chi connectivity index (χ4v) is 2.29. The largest absolute Gasteiger partial charge is 0.482 e.